The van der Waals surface area contributed by atoms with Crippen molar-refractivity contribution in [2.24, 2.45) is 0 Å². The van der Waals surface area contributed by atoms with E-state index in [1.807, 2.05) is 60.7 Å². The quantitative estimate of drug-likeness (QED) is 0.134. The van der Waals surface area contributed by atoms with Gasteiger partial charge in [-0.2, -0.15) is 0 Å². The Balaban J connectivity index is 1.99. The van der Waals surface area contributed by atoms with Crippen LogP contribution in [-0.2, 0) is 9.53 Å². The van der Waals surface area contributed by atoms with E-state index in [-0.39, 0.29) is 18.0 Å². The highest BCUT2D eigenvalue weighted by Crippen LogP contribution is 2.22. The molecule has 0 radical (unpaired) electrons. The van der Waals surface area contributed by atoms with Gasteiger partial charge >= 0.3 is 5.97 Å². The SMILES string of the molecule is CCOC(=O)C(=CNc1ccc(I)cc1)C(=O)c1cccc2ccccc12. The number of halogens is 1. The van der Waals surface area contributed by atoms with E-state index in [1.165, 1.54) is 6.20 Å². The Kier molecular flexibility index (Phi) is 6.24. The lowest BCUT2D eigenvalue weighted by Gasteiger charge is -2.10. The van der Waals surface area contributed by atoms with Crippen LogP contribution in [0.15, 0.2) is 78.5 Å². The lowest BCUT2D eigenvalue weighted by atomic mass is 9.97. The van der Waals surface area contributed by atoms with Gasteiger partial charge < -0.3 is 10.1 Å². The summed E-state index contributed by atoms with van der Waals surface area (Å²) in [6, 6.07) is 20.7. The molecule has 3 aromatic carbocycles. The third-order valence-corrected chi connectivity index (χ3v) is 4.72. The van der Waals surface area contributed by atoms with Crippen LogP contribution in [0.1, 0.15) is 17.3 Å². The number of Topliss-reactive ketones (excluding diaryl/α,β-unsaturated/α-hetero) is 1. The first kappa shape index (κ1) is 19.1. The Morgan fingerprint density at radius 2 is 1.70 bits per heavy atom. The number of esters is 1. The summed E-state index contributed by atoms with van der Waals surface area (Å²) in [5.41, 5.74) is 1.21. The van der Waals surface area contributed by atoms with Crippen molar-refractivity contribution in [1.82, 2.24) is 0 Å². The second-order valence-electron chi connectivity index (χ2n) is 5.79. The number of benzene rings is 3. The van der Waals surface area contributed by atoms with Gasteiger partial charge in [-0.3, -0.25) is 4.79 Å². The van der Waals surface area contributed by atoms with Gasteiger partial charge in [-0.1, -0.05) is 42.5 Å². The van der Waals surface area contributed by atoms with E-state index in [0.29, 0.717) is 5.56 Å². The summed E-state index contributed by atoms with van der Waals surface area (Å²) in [6.45, 7) is 1.91. The number of ether oxygens (including phenoxy) is 1. The predicted molar refractivity (Wildman–Crippen MR) is 116 cm³/mol. The van der Waals surface area contributed by atoms with Crippen LogP contribution in [0.4, 0.5) is 5.69 Å². The number of hydrogen-bond donors (Lipinski definition) is 1. The van der Waals surface area contributed by atoms with Gasteiger partial charge in [0, 0.05) is 21.0 Å². The van der Waals surface area contributed by atoms with Crippen LogP contribution >= 0.6 is 22.6 Å². The largest absolute Gasteiger partial charge is 0.462 e. The van der Waals surface area contributed by atoms with E-state index in [4.69, 9.17) is 4.74 Å². The summed E-state index contributed by atoms with van der Waals surface area (Å²) < 4.78 is 6.19. The molecular formula is C22H18INO3. The average molecular weight is 471 g/mol. The Bertz CT molecular complexity index is 1000. The summed E-state index contributed by atoms with van der Waals surface area (Å²) in [5, 5.41) is 4.77. The van der Waals surface area contributed by atoms with Crippen LogP contribution in [0.5, 0.6) is 0 Å². The number of hydrogen-bond acceptors (Lipinski definition) is 4. The minimum atomic E-state index is -0.645. The van der Waals surface area contributed by atoms with Crippen molar-refractivity contribution in [1.29, 1.82) is 0 Å². The van der Waals surface area contributed by atoms with Gasteiger partial charge in [0.05, 0.1) is 6.61 Å². The van der Waals surface area contributed by atoms with Crippen LogP contribution in [-0.4, -0.2) is 18.4 Å². The van der Waals surface area contributed by atoms with E-state index in [0.717, 1.165) is 20.0 Å². The van der Waals surface area contributed by atoms with Crippen molar-refractivity contribution in [3.63, 3.8) is 0 Å². The van der Waals surface area contributed by atoms with E-state index in [2.05, 4.69) is 27.9 Å². The summed E-state index contributed by atoms with van der Waals surface area (Å²) >= 11 is 2.21. The first-order valence-corrected chi connectivity index (χ1v) is 9.60. The molecule has 3 aromatic rings. The van der Waals surface area contributed by atoms with Crippen LogP contribution in [0.3, 0.4) is 0 Å². The number of ketones is 1. The highest BCUT2D eigenvalue weighted by molar-refractivity contribution is 14.1. The summed E-state index contributed by atoms with van der Waals surface area (Å²) in [4.78, 5) is 25.6. The molecule has 0 aliphatic carbocycles. The Labute approximate surface area is 171 Å². The maximum absolute atomic E-state index is 13.1. The van der Waals surface area contributed by atoms with Gasteiger partial charge in [0.2, 0.25) is 5.78 Å². The van der Waals surface area contributed by atoms with Gasteiger partial charge in [-0.05, 0) is 64.6 Å². The lowest BCUT2D eigenvalue weighted by Crippen LogP contribution is -2.18. The minimum Gasteiger partial charge on any atom is -0.462 e. The summed E-state index contributed by atoms with van der Waals surface area (Å²) in [7, 11) is 0. The Hall–Kier alpha value is -2.67. The highest BCUT2D eigenvalue weighted by Gasteiger charge is 2.22. The van der Waals surface area contributed by atoms with Crippen LogP contribution in [0.25, 0.3) is 10.8 Å². The number of carbonyl (C=O) groups excluding carboxylic acids is 2. The fraction of sp³-hybridized carbons (Fsp3) is 0.0909. The number of carbonyl (C=O) groups is 2. The Morgan fingerprint density at radius 1 is 1.00 bits per heavy atom. The number of anilines is 1. The van der Waals surface area contributed by atoms with Crippen molar-refractivity contribution in [2.75, 3.05) is 11.9 Å². The third kappa shape index (κ3) is 4.54. The molecule has 0 atom stereocenters. The molecular weight excluding hydrogens is 453 g/mol. The monoisotopic (exact) mass is 471 g/mol. The molecule has 3 rings (SSSR count). The highest BCUT2D eigenvalue weighted by atomic mass is 127. The van der Waals surface area contributed by atoms with Crippen molar-refractivity contribution >= 4 is 50.8 Å². The number of nitrogens with one attached hydrogen (secondary N) is 1. The summed E-state index contributed by atoms with van der Waals surface area (Å²) in [5.74, 6) is -1.02. The topological polar surface area (TPSA) is 55.4 Å². The molecule has 0 fully saturated rings. The van der Waals surface area contributed by atoms with E-state index in [9.17, 15) is 9.59 Å². The molecule has 27 heavy (non-hydrogen) atoms. The second kappa shape index (κ2) is 8.81. The molecule has 136 valence electrons. The predicted octanol–water partition coefficient (Wildman–Crippen LogP) is 5.19. The molecule has 5 heteroatoms. The second-order valence-corrected chi connectivity index (χ2v) is 7.03. The maximum Gasteiger partial charge on any atom is 0.343 e. The van der Waals surface area contributed by atoms with Gasteiger partial charge in [0.25, 0.3) is 0 Å². The molecule has 0 bridgehead atoms. The first-order chi connectivity index (χ1) is 13.1. The molecule has 0 saturated heterocycles. The van der Waals surface area contributed by atoms with Crippen LogP contribution < -0.4 is 5.32 Å². The fourth-order valence-electron chi connectivity index (χ4n) is 2.70. The zero-order chi connectivity index (χ0) is 19.2. The van der Waals surface area contributed by atoms with Crippen LogP contribution in [0.2, 0.25) is 0 Å². The average Bonchev–Trinajstić information content (AvgIpc) is 2.69. The lowest BCUT2D eigenvalue weighted by molar-refractivity contribution is -0.138. The number of fused-ring (bicyclic) bond motifs is 1. The van der Waals surface area contributed by atoms with E-state index < -0.39 is 5.97 Å². The van der Waals surface area contributed by atoms with Crippen LogP contribution in [0, 0.1) is 3.57 Å². The maximum atomic E-state index is 13.1. The molecule has 4 nitrogen and oxygen atoms in total. The fourth-order valence-corrected chi connectivity index (χ4v) is 3.06. The molecule has 0 aliphatic rings. The zero-order valence-electron chi connectivity index (χ0n) is 14.7. The Morgan fingerprint density at radius 3 is 2.44 bits per heavy atom. The third-order valence-electron chi connectivity index (χ3n) is 4.00. The molecule has 0 heterocycles. The summed E-state index contributed by atoms with van der Waals surface area (Å²) in [6.07, 6.45) is 1.42. The minimum absolute atomic E-state index is 0.0354. The van der Waals surface area contributed by atoms with Crippen molar-refractivity contribution in [3.8, 4) is 0 Å². The van der Waals surface area contributed by atoms with Crippen molar-refractivity contribution in [3.05, 3.63) is 87.6 Å². The normalized spacial score (nSPS) is 11.3. The molecule has 0 saturated carbocycles. The van der Waals surface area contributed by atoms with Gasteiger partial charge in [0.15, 0.2) is 0 Å². The first-order valence-electron chi connectivity index (χ1n) is 8.52. The van der Waals surface area contributed by atoms with Crippen molar-refractivity contribution in [2.45, 2.75) is 6.92 Å². The smallest absolute Gasteiger partial charge is 0.343 e. The molecule has 0 aliphatic heterocycles. The van der Waals surface area contributed by atoms with Crippen molar-refractivity contribution < 1.29 is 14.3 Å². The van der Waals surface area contributed by atoms with E-state index in [1.54, 1.807) is 13.0 Å². The van der Waals surface area contributed by atoms with Gasteiger partial charge in [-0.15, -0.1) is 0 Å². The van der Waals surface area contributed by atoms with Gasteiger partial charge in [0.1, 0.15) is 5.57 Å². The standard InChI is InChI=1S/C22H18INO3/c1-2-27-22(26)20(14-24-17-12-10-16(23)11-13-17)21(25)19-9-5-7-15-6-3-4-8-18(15)19/h3-14,24H,2H2,1H3. The number of rotatable bonds is 6. The van der Waals surface area contributed by atoms with E-state index >= 15 is 0 Å². The molecule has 0 unspecified atom stereocenters. The molecule has 0 aromatic heterocycles. The zero-order valence-corrected chi connectivity index (χ0v) is 16.9. The molecule has 0 spiro atoms. The molecule has 1 N–H and O–H groups in total. The van der Waals surface area contributed by atoms with Gasteiger partial charge in [-0.25, -0.2) is 4.79 Å². The molecule has 0 amide bonds.